The van der Waals surface area contributed by atoms with Gasteiger partial charge in [0.05, 0.1) is 18.6 Å². The van der Waals surface area contributed by atoms with Gasteiger partial charge in [0.2, 0.25) is 0 Å². The van der Waals surface area contributed by atoms with E-state index in [2.05, 4.69) is 123 Å². The molecular formula is C47H42O6. The van der Waals surface area contributed by atoms with Gasteiger partial charge in [-0.1, -0.05) is 147 Å². The molecule has 6 nitrogen and oxygen atoms in total. The first-order chi connectivity index (χ1) is 26.1. The van der Waals surface area contributed by atoms with Crippen molar-refractivity contribution in [3.8, 4) is 44.9 Å². The summed E-state index contributed by atoms with van der Waals surface area (Å²) in [6.45, 7) is 5.98. The van der Waals surface area contributed by atoms with Crippen molar-refractivity contribution in [2.24, 2.45) is 0 Å². The molecule has 3 aliphatic rings. The lowest BCUT2D eigenvalue weighted by molar-refractivity contribution is -0.173. The Morgan fingerprint density at radius 3 is 1.26 bits per heavy atom. The maximum atomic E-state index is 6.77. The predicted octanol–water partition coefficient (Wildman–Crippen LogP) is 10.4. The topological polar surface area (TPSA) is 62.0 Å². The highest BCUT2D eigenvalue weighted by Crippen LogP contribution is 2.58. The van der Waals surface area contributed by atoms with Gasteiger partial charge >= 0.3 is 11.9 Å². The minimum Gasteiger partial charge on any atom is -0.437 e. The summed E-state index contributed by atoms with van der Waals surface area (Å²) in [4.78, 5) is 0. The molecule has 266 valence electrons. The zero-order valence-electron chi connectivity index (χ0n) is 30.0. The van der Waals surface area contributed by atoms with Gasteiger partial charge in [0.15, 0.2) is 0 Å². The van der Waals surface area contributed by atoms with E-state index in [0.717, 1.165) is 46.2 Å². The van der Waals surface area contributed by atoms with Crippen LogP contribution in [0.1, 0.15) is 48.9 Å². The van der Waals surface area contributed by atoms with Gasteiger partial charge in [-0.3, -0.25) is 0 Å². The summed E-state index contributed by atoms with van der Waals surface area (Å²) in [5, 5.41) is 0. The summed E-state index contributed by atoms with van der Waals surface area (Å²) in [6.07, 6.45) is 1.71. The Labute approximate surface area is 310 Å². The average Bonchev–Trinajstić information content (AvgIpc) is 4.14. The minimum absolute atomic E-state index is 0.369. The van der Waals surface area contributed by atoms with E-state index in [9.17, 15) is 0 Å². The van der Waals surface area contributed by atoms with Gasteiger partial charge in [0, 0.05) is 11.1 Å². The highest BCUT2D eigenvalue weighted by molar-refractivity contribution is 5.87. The Hall–Kier alpha value is -5.24. The van der Waals surface area contributed by atoms with Crippen LogP contribution in [0, 0.1) is 0 Å². The van der Waals surface area contributed by atoms with Crippen LogP contribution in [0.25, 0.3) is 33.4 Å². The molecule has 0 bridgehead atoms. The van der Waals surface area contributed by atoms with Crippen LogP contribution in [0.5, 0.6) is 11.5 Å². The molecule has 6 aromatic carbocycles. The van der Waals surface area contributed by atoms with E-state index in [4.69, 9.17) is 28.4 Å². The average molecular weight is 703 g/mol. The van der Waals surface area contributed by atoms with E-state index in [1.54, 1.807) is 0 Å². The SMILES string of the molecule is CCCOC1(Oc2cc(C3(c4ccc(-c5ccccc5)c(OC5(OCCC)CO5)c4)c4ccccc4-c4ccccc43)ccc2-c2ccccc2)CO1. The van der Waals surface area contributed by atoms with Crippen molar-refractivity contribution in [1.29, 1.82) is 0 Å². The fourth-order valence-corrected chi connectivity index (χ4v) is 7.73. The lowest BCUT2D eigenvalue weighted by atomic mass is 9.67. The van der Waals surface area contributed by atoms with E-state index in [1.165, 1.54) is 22.3 Å². The van der Waals surface area contributed by atoms with Crippen LogP contribution in [0.3, 0.4) is 0 Å². The molecule has 0 radical (unpaired) electrons. The van der Waals surface area contributed by atoms with Crippen LogP contribution in [0.15, 0.2) is 146 Å². The van der Waals surface area contributed by atoms with E-state index >= 15 is 0 Å². The summed E-state index contributed by atoms with van der Waals surface area (Å²) in [5.41, 5.74) is 10.1. The van der Waals surface area contributed by atoms with Crippen molar-refractivity contribution in [3.05, 3.63) is 168 Å². The molecule has 2 atom stereocenters. The fourth-order valence-electron chi connectivity index (χ4n) is 7.73. The predicted molar refractivity (Wildman–Crippen MR) is 206 cm³/mol. The first-order valence-electron chi connectivity index (χ1n) is 18.6. The molecule has 2 heterocycles. The lowest BCUT2D eigenvalue weighted by Crippen LogP contribution is -2.30. The maximum absolute atomic E-state index is 6.77. The molecule has 2 unspecified atom stereocenters. The first-order valence-corrected chi connectivity index (χ1v) is 18.6. The normalized spacial score (nSPS) is 20.3. The molecular weight excluding hydrogens is 661 g/mol. The van der Waals surface area contributed by atoms with Gasteiger partial charge in [-0.2, -0.15) is 0 Å². The van der Waals surface area contributed by atoms with Crippen LogP contribution in [0.4, 0.5) is 0 Å². The van der Waals surface area contributed by atoms with Crippen molar-refractivity contribution in [2.75, 3.05) is 26.4 Å². The number of rotatable bonds is 14. The minimum atomic E-state index is -1.10. The summed E-state index contributed by atoms with van der Waals surface area (Å²) < 4.78 is 37.5. The Morgan fingerprint density at radius 1 is 0.472 bits per heavy atom. The molecule has 0 aromatic heterocycles. The van der Waals surface area contributed by atoms with Crippen molar-refractivity contribution >= 4 is 0 Å². The van der Waals surface area contributed by atoms with Crippen LogP contribution in [-0.4, -0.2) is 38.4 Å². The zero-order chi connectivity index (χ0) is 35.9. The van der Waals surface area contributed by atoms with E-state index in [1.807, 2.05) is 36.4 Å². The Bertz CT molecular complexity index is 2080. The van der Waals surface area contributed by atoms with Crippen molar-refractivity contribution in [2.45, 2.75) is 44.1 Å². The molecule has 0 amide bonds. The summed E-state index contributed by atoms with van der Waals surface area (Å²) in [6, 6.07) is 51.3. The summed E-state index contributed by atoms with van der Waals surface area (Å²) >= 11 is 0. The third-order valence-electron chi connectivity index (χ3n) is 10.3. The van der Waals surface area contributed by atoms with Gasteiger partial charge in [0.1, 0.15) is 24.7 Å². The first kappa shape index (κ1) is 33.6. The number of fused-ring (bicyclic) bond motifs is 3. The molecule has 0 spiro atoms. The Kier molecular flexibility index (Phi) is 8.64. The fraction of sp³-hybridized carbons (Fsp3) is 0.234. The highest BCUT2D eigenvalue weighted by atomic mass is 16.9. The van der Waals surface area contributed by atoms with Crippen LogP contribution >= 0.6 is 0 Å². The van der Waals surface area contributed by atoms with Crippen molar-refractivity contribution < 1.29 is 28.4 Å². The number of hydrogen-bond acceptors (Lipinski definition) is 6. The quantitative estimate of drug-likeness (QED) is 0.0831. The second-order valence-electron chi connectivity index (χ2n) is 13.8. The standard InChI is InChI=1S/C47H42O6/c1-3-27-48-45(31-50-45)52-43-29-35(23-25-37(43)33-15-7-5-8-16-33)47(41-21-13-11-19-39(41)40-20-12-14-22-42(40)47)36-24-26-38(34-17-9-6-10-18-34)44(30-36)53-46(32-51-46)49-28-4-2/h5-26,29-30H,3-4,27-28,31-32H2,1-2H3. The van der Waals surface area contributed by atoms with Crippen molar-refractivity contribution in [3.63, 3.8) is 0 Å². The van der Waals surface area contributed by atoms with Gasteiger partial charge in [-0.05, 0) is 69.5 Å². The number of epoxide rings is 2. The molecule has 6 heteroatoms. The van der Waals surface area contributed by atoms with Gasteiger partial charge in [-0.25, -0.2) is 0 Å². The summed E-state index contributed by atoms with van der Waals surface area (Å²) in [7, 11) is 0. The van der Waals surface area contributed by atoms with E-state index in [-0.39, 0.29) is 0 Å². The molecule has 2 saturated heterocycles. The van der Waals surface area contributed by atoms with E-state index < -0.39 is 17.4 Å². The molecule has 1 aliphatic carbocycles. The van der Waals surface area contributed by atoms with Crippen LogP contribution in [0.2, 0.25) is 0 Å². The lowest BCUT2D eigenvalue weighted by Gasteiger charge is -2.35. The second kappa shape index (κ2) is 13.6. The largest absolute Gasteiger partial charge is 0.437 e. The maximum Gasteiger partial charge on any atom is 0.352 e. The molecule has 53 heavy (non-hydrogen) atoms. The van der Waals surface area contributed by atoms with Gasteiger partial charge in [0.25, 0.3) is 0 Å². The monoisotopic (exact) mass is 702 g/mol. The second-order valence-corrected chi connectivity index (χ2v) is 13.8. The Morgan fingerprint density at radius 2 is 0.868 bits per heavy atom. The van der Waals surface area contributed by atoms with Gasteiger partial charge in [-0.15, -0.1) is 0 Å². The third-order valence-corrected chi connectivity index (χ3v) is 10.3. The third kappa shape index (κ3) is 6.02. The molecule has 2 aliphatic heterocycles. The zero-order valence-corrected chi connectivity index (χ0v) is 30.0. The smallest absolute Gasteiger partial charge is 0.352 e. The number of ether oxygens (including phenoxy) is 6. The molecule has 2 fully saturated rings. The van der Waals surface area contributed by atoms with E-state index in [0.29, 0.717) is 37.9 Å². The molecule has 0 saturated carbocycles. The summed E-state index contributed by atoms with van der Waals surface area (Å²) in [5.74, 6) is -0.822. The van der Waals surface area contributed by atoms with Crippen molar-refractivity contribution in [1.82, 2.24) is 0 Å². The van der Waals surface area contributed by atoms with Gasteiger partial charge < -0.3 is 28.4 Å². The molecule has 0 N–H and O–H groups in total. The van der Waals surface area contributed by atoms with Crippen LogP contribution < -0.4 is 9.47 Å². The Balaban J connectivity index is 1.28. The molecule has 9 rings (SSSR count). The molecule has 6 aromatic rings. The van der Waals surface area contributed by atoms with Crippen LogP contribution in [-0.2, 0) is 24.4 Å². The number of hydrogen-bond donors (Lipinski definition) is 0. The number of benzene rings is 6. The highest BCUT2D eigenvalue weighted by Gasteiger charge is 2.53.